The average Bonchev–Trinajstić information content (AvgIpc) is 3.35. The maximum Gasteiger partial charge on any atom is 0.434 e. The van der Waals surface area contributed by atoms with Crippen molar-refractivity contribution in [1.29, 1.82) is 0 Å². The van der Waals surface area contributed by atoms with Crippen LogP contribution in [0.15, 0.2) is 28.7 Å². The van der Waals surface area contributed by atoms with E-state index < -0.39 is 11.9 Å². The Balaban J connectivity index is 0.00000280. The first kappa shape index (κ1) is 22.7. The number of aliphatic imine (C=N–C) groups is 1. The predicted molar refractivity (Wildman–Crippen MR) is 112 cm³/mol. The minimum absolute atomic E-state index is 0. The molecule has 28 heavy (non-hydrogen) atoms. The van der Waals surface area contributed by atoms with E-state index >= 15 is 0 Å². The van der Waals surface area contributed by atoms with Crippen LogP contribution in [-0.4, -0.2) is 29.6 Å². The Morgan fingerprint density at radius 1 is 1.29 bits per heavy atom. The summed E-state index contributed by atoms with van der Waals surface area (Å²) in [4.78, 5) is 11.9. The van der Waals surface area contributed by atoms with E-state index in [1.807, 2.05) is 12.1 Å². The van der Waals surface area contributed by atoms with Crippen LogP contribution < -0.4 is 15.4 Å². The number of aromatic nitrogens is 2. The van der Waals surface area contributed by atoms with Crippen LogP contribution in [0.3, 0.4) is 0 Å². The van der Waals surface area contributed by atoms with Gasteiger partial charge in [-0.05, 0) is 24.3 Å². The lowest BCUT2D eigenvalue weighted by Crippen LogP contribution is -2.36. The predicted octanol–water partition coefficient (Wildman–Crippen LogP) is 3.83. The second-order valence-electron chi connectivity index (χ2n) is 6.16. The summed E-state index contributed by atoms with van der Waals surface area (Å²) in [6.45, 7) is 1.35. The molecule has 154 valence electrons. The van der Waals surface area contributed by atoms with Crippen molar-refractivity contribution in [3.8, 4) is 5.88 Å². The quantitative estimate of drug-likeness (QED) is 0.326. The van der Waals surface area contributed by atoms with E-state index in [0.717, 1.165) is 22.3 Å². The molecule has 0 amide bonds. The molecule has 0 bridgehead atoms. The van der Waals surface area contributed by atoms with Gasteiger partial charge in [0.1, 0.15) is 5.01 Å². The van der Waals surface area contributed by atoms with Gasteiger partial charge in [-0.25, -0.2) is 9.97 Å². The first-order chi connectivity index (χ1) is 12.9. The van der Waals surface area contributed by atoms with Gasteiger partial charge in [-0.2, -0.15) is 13.2 Å². The van der Waals surface area contributed by atoms with Crippen molar-refractivity contribution in [3.63, 3.8) is 0 Å². The second-order valence-corrected chi connectivity index (χ2v) is 7.11. The Labute approximate surface area is 182 Å². The van der Waals surface area contributed by atoms with Gasteiger partial charge < -0.3 is 15.4 Å². The van der Waals surface area contributed by atoms with Crippen molar-refractivity contribution in [2.24, 2.45) is 10.9 Å². The molecular weight excluding hydrogens is 506 g/mol. The van der Waals surface area contributed by atoms with Gasteiger partial charge in [-0.1, -0.05) is 6.07 Å². The van der Waals surface area contributed by atoms with Gasteiger partial charge in [0.2, 0.25) is 5.88 Å². The number of ether oxygens (including phenoxy) is 1. The Kier molecular flexibility index (Phi) is 8.28. The SMILES string of the molecule is CN=C(NCc1ccc(OCC2CC2)nc1)NCc1nc(C(F)(F)F)cs1.I. The lowest BCUT2D eigenvalue weighted by atomic mass is 10.3. The fraction of sp³-hybridized carbons (Fsp3) is 0.471. The van der Waals surface area contributed by atoms with Crippen LogP contribution in [0.1, 0.15) is 29.1 Å². The van der Waals surface area contributed by atoms with Crippen LogP contribution in [0.4, 0.5) is 13.2 Å². The van der Waals surface area contributed by atoms with Gasteiger partial charge in [0, 0.05) is 31.2 Å². The minimum atomic E-state index is -4.42. The van der Waals surface area contributed by atoms with Gasteiger partial charge >= 0.3 is 6.18 Å². The molecule has 6 nitrogen and oxygen atoms in total. The van der Waals surface area contributed by atoms with Crippen molar-refractivity contribution in [3.05, 3.63) is 40.0 Å². The van der Waals surface area contributed by atoms with Crippen LogP contribution in [0.25, 0.3) is 0 Å². The standard InChI is InChI=1S/C17H20F3N5OS.HI/c1-21-16(24-8-15-25-13(10-27-15)17(18,19)20)23-7-12-4-5-14(22-6-12)26-9-11-2-3-11;/h4-6,10-11H,2-3,7-9H2,1H3,(H2,21,23,24);1H. The van der Waals surface area contributed by atoms with E-state index in [1.54, 1.807) is 13.2 Å². The number of alkyl halides is 3. The van der Waals surface area contributed by atoms with Crippen LogP contribution in [-0.2, 0) is 19.3 Å². The maximum atomic E-state index is 12.6. The number of thiazole rings is 1. The van der Waals surface area contributed by atoms with Gasteiger partial charge in [-0.3, -0.25) is 4.99 Å². The summed E-state index contributed by atoms with van der Waals surface area (Å²) in [7, 11) is 1.59. The molecule has 0 aromatic carbocycles. The number of guanidine groups is 1. The molecule has 1 aliphatic carbocycles. The molecule has 2 aromatic heterocycles. The van der Waals surface area contributed by atoms with Crippen molar-refractivity contribution in [1.82, 2.24) is 20.6 Å². The zero-order chi connectivity index (χ0) is 19.3. The van der Waals surface area contributed by atoms with E-state index in [9.17, 15) is 13.2 Å². The van der Waals surface area contributed by atoms with Gasteiger partial charge in [0.25, 0.3) is 0 Å². The molecule has 2 N–H and O–H groups in total. The highest BCUT2D eigenvalue weighted by molar-refractivity contribution is 14.0. The first-order valence-electron chi connectivity index (χ1n) is 8.48. The molecule has 1 saturated carbocycles. The summed E-state index contributed by atoms with van der Waals surface area (Å²) < 4.78 is 43.3. The van der Waals surface area contributed by atoms with Crippen LogP contribution in [0, 0.1) is 5.92 Å². The average molecular weight is 527 g/mol. The molecule has 1 fully saturated rings. The molecule has 0 spiro atoms. The molecule has 2 aromatic rings. The Morgan fingerprint density at radius 3 is 2.61 bits per heavy atom. The zero-order valence-electron chi connectivity index (χ0n) is 15.1. The van der Waals surface area contributed by atoms with Crippen molar-refractivity contribution in [2.75, 3.05) is 13.7 Å². The normalized spacial score (nSPS) is 14.4. The maximum absolute atomic E-state index is 12.6. The molecule has 3 rings (SSSR count). The van der Waals surface area contributed by atoms with E-state index in [4.69, 9.17) is 4.74 Å². The summed E-state index contributed by atoms with van der Waals surface area (Å²) >= 11 is 0.956. The van der Waals surface area contributed by atoms with Crippen molar-refractivity contribution >= 4 is 41.3 Å². The number of nitrogens with zero attached hydrogens (tertiary/aromatic N) is 3. The minimum Gasteiger partial charge on any atom is -0.477 e. The van der Waals surface area contributed by atoms with E-state index in [0.29, 0.717) is 35.9 Å². The largest absolute Gasteiger partial charge is 0.477 e. The van der Waals surface area contributed by atoms with E-state index in [2.05, 4.69) is 25.6 Å². The second kappa shape index (κ2) is 10.2. The Hall–Kier alpha value is -1.63. The molecule has 2 heterocycles. The van der Waals surface area contributed by atoms with Gasteiger partial charge in [-0.15, -0.1) is 35.3 Å². The van der Waals surface area contributed by atoms with Crippen molar-refractivity contribution in [2.45, 2.75) is 32.1 Å². The highest BCUT2D eigenvalue weighted by Gasteiger charge is 2.33. The highest BCUT2D eigenvalue weighted by Crippen LogP contribution is 2.30. The van der Waals surface area contributed by atoms with E-state index in [1.165, 1.54) is 12.8 Å². The summed E-state index contributed by atoms with van der Waals surface area (Å²) in [5, 5.41) is 7.37. The van der Waals surface area contributed by atoms with Crippen LogP contribution in [0.2, 0.25) is 0 Å². The number of nitrogens with one attached hydrogen (secondary N) is 2. The summed E-state index contributed by atoms with van der Waals surface area (Å²) in [5.41, 5.74) is 0.0626. The molecule has 1 aliphatic rings. The number of pyridine rings is 1. The molecular formula is C17H21F3IN5OS. The summed E-state index contributed by atoms with van der Waals surface area (Å²) in [6, 6.07) is 3.73. The summed E-state index contributed by atoms with van der Waals surface area (Å²) in [5.74, 6) is 1.75. The summed E-state index contributed by atoms with van der Waals surface area (Å²) in [6.07, 6.45) is -0.242. The smallest absolute Gasteiger partial charge is 0.434 e. The molecule has 11 heteroatoms. The topological polar surface area (TPSA) is 71.4 Å². The van der Waals surface area contributed by atoms with Crippen LogP contribution >= 0.6 is 35.3 Å². The molecule has 0 unspecified atom stereocenters. The molecule has 0 saturated heterocycles. The third-order valence-corrected chi connectivity index (χ3v) is 4.74. The van der Waals surface area contributed by atoms with Gasteiger partial charge in [0.05, 0.1) is 13.2 Å². The lowest BCUT2D eigenvalue weighted by Gasteiger charge is -2.11. The monoisotopic (exact) mass is 527 g/mol. The number of hydrogen-bond acceptors (Lipinski definition) is 5. The van der Waals surface area contributed by atoms with Gasteiger partial charge in [0.15, 0.2) is 11.7 Å². The Morgan fingerprint density at radius 2 is 2.04 bits per heavy atom. The molecule has 0 radical (unpaired) electrons. The fourth-order valence-electron chi connectivity index (χ4n) is 2.18. The number of halogens is 4. The Bertz CT molecular complexity index is 778. The third-order valence-electron chi connectivity index (χ3n) is 3.89. The molecule has 0 aliphatic heterocycles. The molecule has 0 atom stereocenters. The third kappa shape index (κ3) is 7.08. The van der Waals surface area contributed by atoms with Crippen molar-refractivity contribution < 1.29 is 17.9 Å². The highest BCUT2D eigenvalue weighted by atomic mass is 127. The van der Waals surface area contributed by atoms with E-state index in [-0.39, 0.29) is 30.5 Å². The first-order valence-corrected chi connectivity index (χ1v) is 9.36. The lowest BCUT2D eigenvalue weighted by molar-refractivity contribution is -0.140. The number of rotatable bonds is 7. The zero-order valence-corrected chi connectivity index (χ0v) is 18.3. The number of hydrogen-bond donors (Lipinski definition) is 2. The fourth-order valence-corrected chi connectivity index (χ4v) is 2.92. The van der Waals surface area contributed by atoms with Crippen LogP contribution in [0.5, 0.6) is 5.88 Å².